The number of hydrogen-bond acceptors (Lipinski definition) is 2. The van der Waals surface area contributed by atoms with Crippen LogP contribution in [-0.4, -0.2) is 30.0 Å². The van der Waals surface area contributed by atoms with Gasteiger partial charge in [0.15, 0.2) is 6.10 Å². The van der Waals surface area contributed by atoms with E-state index in [1.54, 1.807) is 21.0 Å². The van der Waals surface area contributed by atoms with Gasteiger partial charge in [-0.15, -0.1) is 0 Å². The van der Waals surface area contributed by atoms with E-state index in [2.05, 4.69) is 0 Å². The second kappa shape index (κ2) is 4.40. The number of aliphatic hydroxyl groups is 1. The van der Waals surface area contributed by atoms with Crippen LogP contribution in [0, 0.1) is 12.7 Å². The molecule has 1 aromatic rings. The quantitative estimate of drug-likeness (QED) is 0.800. The largest absolute Gasteiger partial charge is 0.378 e. The van der Waals surface area contributed by atoms with Crippen LogP contribution in [0.3, 0.4) is 0 Å². The maximum Gasteiger partial charge on any atom is 0.255 e. The van der Waals surface area contributed by atoms with Crippen molar-refractivity contribution in [2.24, 2.45) is 0 Å². The van der Waals surface area contributed by atoms with Crippen LogP contribution in [0.4, 0.5) is 4.39 Å². The minimum absolute atomic E-state index is 0.344. The summed E-state index contributed by atoms with van der Waals surface area (Å²) < 4.78 is 12.9. The zero-order valence-electron chi connectivity index (χ0n) is 8.99. The molecule has 0 spiro atoms. The molecule has 0 aliphatic heterocycles. The molecule has 0 radical (unpaired) electrons. The molecule has 15 heavy (non-hydrogen) atoms. The van der Waals surface area contributed by atoms with Crippen LogP contribution >= 0.6 is 0 Å². The van der Waals surface area contributed by atoms with Gasteiger partial charge in [-0.2, -0.15) is 0 Å². The fourth-order valence-corrected chi connectivity index (χ4v) is 1.23. The smallest absolute Gasteiger partial charge is 0.255 e. The summed E-state index contributed by atoms with van der Waals surface area (Å²) in [4.78, 5) is 12.7. The minimum Gasteiger partial charge on any atom is -0.378 e. The molecule has 0 saturated carbocycles. The standard InChI is InChI=1S/C11H14FNO2/c1-7-6-8(4-5-9(7)12)10(14)11(15)13(2)3/h4-6,10,14H,1-3H3. The SMILES string of the molecule is Cc1cc(C(O)C(=O)N(C)C)ccc1F. The summed E-state index contributed by atoms with van der Waals surface area (Å²) in [6.45, 7) is 1.59. The molecule has 0 heterocycles. The highest BCUT2D eigenvalue weighted by molar-refractivity contribution is 5.81. The van der Waals surface area contributed by atoms with Crippen molar-refractivity contribution >= 4 is 5.91 Å². The molecule has 0 aliphatic rings. The van der Waals surface area contributed by atoms with Gasteiger partial charge in [-0.3, -0.25) is 4.79 Å². The van der Waals surface area contributed by atoms with Gasteiger partial charge in [0.2, 0.25) is 0 Å². The van der Waals surface area contributed by atoms with Crippen molar-refractivity contribution in [2.45, 2.75) is 13.0 Å². The molecule has 1 atom stereocenters. The van der Waals surface area contributed by atoms with E-state index >= 15 is 0 Å². The van der Waals surface area contributed by atoms with Gasteiger partial charge in [0.25, 0.3) is 5.91 Å². The lowest BCUT2D eigenvalue weighted by Crippen LogP contribution is -2.28. The number of hydrogen-bond donors (Lipinski definition) is 1. The summed E-state index contributed by atoms with van der Waals surface area (Å²) in [6.07, 6.45) is -1.22. The first-order valence-electron chi connectivity index (χ1n) is 4.58. The summed E-state index contributed by atoms with van der Waals surface area (Å²) in [6, 6.07) is 4.13. The van der Waals surface area contributed by atoms with Gasteiger partial charge in [-0.05, 0) is 24.1 Å². The highest BCUT2D eigenvalue weighted by Crippen LogP contribution is 2.17. The number of carbonyl (C=O) groups is 1. The highest BCUT2D eigenvalue weighted by atomic mass is 19.1. The van der Waals surface area contributed by atoms with Gasteiger partial charge in [-0.1, -0.05) is 12.1 Å². The number of aliphatic hydroxyl groups excluding tert-OH is 1. The maximum atomic E-state index is 12.9. The van der Waals surface area contributed by atoms with E-state index in [4.69, 9.17) is 0 Å². The van der Waals surface area contributed by atoms with E-state index in [1.807, 2.05) is 0 Å². The number of carbonyl (C=O) groups excluding carboxylic acids is 1. The van der Waals surface area contributed by atoms with Gasteiger partial charge in [0, 0.05) is 14.1 Å². The van der Waals surface area contributed by atoms with Gasteiger partial charge in [0.05, 0.1) is 0 Å². The third-order valence-electron chi connectivity index (χ3n) is 2.17. The van der Waals surface area contributed by atoms with E-state index in [0.29, 0.717) is 11.1 Å². The van der Waals surface area contributed by atoms with Crippen LogP contribution < -0.4 is 0 Å². The second-order valence-corrected chi connectivity index (χ2v) is 3.64. The Morgan fingerprint density at radius 3 is 2.53 bits per heavy atom. The maximum absolute atomic E-state index is 12.9. The van der Waals surface area contributed by atoms with Gasteiger partial charge in [-0.25, -0.2) is 4.39 Å². The number of halogens is 1. The molecule has 0 fully saturated rings. The Labute approximate surface area is 88.1 Å². The first kappa shape index (κ1) is 11.7. The van der Waals surface area contributed by atoms with Crippen LogP contribution in [-0.2, 0) is 4.79 Å². The van der Waals surface area contributed by atoms with Crippen LogP contribution in [0.5, 0.6) is 0 Å². The minimum atomic E-state index is -1.22. The predicted molar refractivity (Wildman–Crippen MR) is 54.8 cm³/mol. The van der Waals surface area contributed by atoms with Gasteiger partial charge in [0.1, 0.15) is 5.82 Å². The Morgan fingerprint density at radius 2 is 2.07 bits per heavy atom. The fourth-order valence-electron chi connectivity index (χ4n) is 1.23. The lowest BCUT2D eigenvalue weighted by Gasteiger charge is -2.16. The van der Waals surface area contributed by atoms with E-state index in [1.165, 1.54) is 23.1 Å². The Bertz CT molecular complexity index is 377. The van der Waals surface area contributed by atoms with E-state index in [0.717, 1.165) is 0 Å². The Balaban J connectivity index is 2.97. The molecular weight excluding hydrogens is 197 g/mol. The van der Waals surface area contributed by atoms with Crippen molar-refractivity contribution in [3.8, 4) is 0 Å². The molecule has 0 bridgehead atoms. The first-order chi connectivity index (χ1) is 6.93. The lowest BCUT2D eigenvalue weighted by molar-refractivity contribution is -0.137. The molecule has 4 heteroatoms. The fraction of sp³-hybridized carbons (Fsp3) is 0.364. The number of aryl methyl sites for hydroxylation is 1. The normalized spacial score (nSPS) is 12.3. The number of likely N-dealkylation sites (N-methyl/N-ethyl adjacent to an activating group) is 1. The first-order valence-corrected chi connectivity index (χ1v) is 4.58. The van der Waals surface area contributed by atoms with Crippen molar-refractivity contribution in [1.82, 2.24) is 4.90 Å². The van der Waals surface area contributed by atoms with Gasteiger partial charge >= 0.3 is 0 Å². The lowest BCUT2D eigenvalue weighted by atomic mass is 10.1. The number of rotatable bonds is 2. The topological polar surface area (TPSA) is 40.5 Å². The second-order valence-electron chi connectivity index (χ2n) is 3.64. The number of benzene rings is 1. The van der Waals surface area contributed by atoms with E-state index in [-0.39, 0.29) is 5.82 Å². The summed E-state index contributed by atoms with van der Waals surface area (Å²) in [5, 5.41) is 9.66. The molecule has 1 aromatic carbocycles. The predicted octanol–water partition coefficient (Wildman–Crippen LogP) is 1.26. The molecular formula is C11H14FNO2. The van der Waals surface area contributed by atoms with Crippen molar-refractivity contribution in [1.29, 1.82) is 0 Å². The van der Waals surface area contributed by atoms with Crippen molar-refractivity contribution in [3.05, 3.63) is 35.1 Å². The highest BCUT2D eigenvalue weighted by Gasteiger charge is 2.19. The molecule has 1 unspecified atom stereocenters. The number of amides is 1. The molecule has 3 nitrogen and oxygen atoms in total. The summed E-state index contributed by atoms with van der Waals surface area (Å²) in [5.41, 5.74) is 0.825. The molecule has 0 saturated heterocycles. The molecule has 1 amide bonds. The third-order valence-corrected chi connectivity index (χ3v) is 2.17. The average molecular weight is 211 g/mol. The Hall–Kier alpha value is -1.42. The van der Waals surface area contributed by atoms with E-state index < -0.39 is 12.0 Å². The molecule has 0 aliphatic carbocycles. The Morgan fingerprint density at radius 1 is 1.47 bits per heavy atom. The summed E-state index contributed by atoms with van der Waals surface area (Å²) in [7, 11) is 3.11. The van der Waals surface area contributed by atoms with Crippen LogP contribution in [0.15, 0.2) is 18.2 Å². The van der Waals surface area contributed by atoms with Crippen LogP contribution in [0.25, 0.3) is 0 Å². The third kappa shape index (κ3) is 2.53. The molecule has 1 rings (SSSR count). The zero-order valence-corrected chi connectivity index (χ0v) is 8.99. The van der Waals surface area contributed by atoms with Crippen molar-refractivity contribution in [3.63, 3.8) is 0 Å². The zero-order chi connectivity index (χ0) is 11.6. The summed E-state index contributed by atoms with van der Waals surface area (Å²) in [5.74, 6) is -0.760. The average Bonchev–Trinajstić information content (AvgIpc) is 2.19. The monoisotopic (exact) mass is 211 g/mol. The Kier molecular flexibility index (Phi) is 3.42. The van der Waals surface area contributed by atoms with Crippen molar-refractivity contribution in [2.75, 3.05) is 14.1 Å². The van der Waals surface area contributed by atoms with Crippen molar-refractivity contribution < 1.29 is 14.3 Å². The van der Waals surface area contributed by atoms with Gasteiger partial charge < -0.3 is 10.0 Å². The molecule has 0 aromatic heterocycles. The van der Waals surface area contributed by atoms with Crippen LogP contribution in [0.1, 0.15) is 17.2 Å². The number of nitrogens with zero attached hydrogens (tertiary/aromatic N) is 1. The van der Waals surface area contributed by atoms with E-state index in [9.17, 15) is 14.3 Å². The molecule has 1 N–H and O–H groups in total. The summed E-state index contributed by atoms with van der Waals surface area (Å²) >= 11 is 0. The van der Waals surface area contributed by atoms with Crippen LogP contribution in [0.2, 0.25) is 0 Å². The molecule has 82 valence electrons.